The maximum Gasteiger partial charge on any atom is 0.228 e. The van der Waals surface area contributed by atoms with Crippen LogP contribution in [0.4, 0.5) is 10.3 Å². The fraction of sp³-hybridized carbons (Fsp3) is 0.500. The average molecular weight is 397 g/mol. The van der Waals surface area contributed by atoms with Gasteiger partial charge in [-0.25, -0.2) is 4.39 Å². The second-order valence-corrected chi connectivity index (χ2v) is 7.96. The van der Waals surface area contributed by atoms with Crippen LogP contribution < -0.4 is 4.90 Å². The lowest BCUT2D eigenvalue weighted by atomic mass is 10.2. The van der Waals surface area contributed by atoms with E-state index in [2.05, 4.69) is 35.6 Å². The molecular formula is C16H18BrFN4S. The fourth-order valence-corrected chi connectivity index (χ4v) is 4.25. The van der Waals surface area contributed by atoms with Crippen LogP contribution in [0.2, 0.25) is 0 Å². The van der Waals surface area contributed by atoms with Gasteiger partial charge in [-0.05, 0) is 43.4 Å². The number of hydrogen-bond donors (Lipinski definition) is 0. The molecule has 23 heavy (non-hydrogen) atoms. The van der Waals surface area contributed by atoms with E-state index in [1.807, 2.05) is 12.1 Å². The lowest BCUT2D eigenvalue weighted by molar-refractivity contribution is 0.616. The Bertz CT molecular complexity index is 710. The molecule has 2 heterocycles. The second-order valence-electron chi connectivity index (χ2n) is 6.10. The Balaban J connectivity index is 1.54. The van der Waals surface area contributed by atoms with E-state index in [4.69, 9.17) is 0 Å². The van der Waals surface area contributed by atoms with Gasteiger partial charge in [0, 0.05) is 29.4 Å². The monoisotopic (exact) mass is 396 g/mol. The summed E-state index contributed by atoms with van der Waals surface area (Å²) in [4.78, 5) is 2.33. The van der Waals surface area contributed by atoms with Crippen molar-refractivity contribution < 1.29 is 4.39 Å². The predicted molar refractivity (Wildman–Crippen MR) is 93.4 cm³/mol. The van der Waals surface area contributed by atoms with Gasteiger partial charge < -0.3 is 4.90 Å². The molecule has 0 radical (unpaired) electrons. The molecule has 2 fully saturated rings. The highest BCUT2D eigenvalue weighted by atomic mass is 79.9. The SMILES string of the molecule is Fc1cc(Br)ccc1CSc1nnc(N2CCCC2)n1C1CC1. The number of nitrogens with zero attached hydrogens (tertiary/aromatic N) is 4. The predicted octanol–water partition coefficient (Wildman–Crippen LogP) is 4.41. The maximum absolute atomic E-state index is 14.0. The van der Waals surface area contributed by atoms with E-state index in [1.54, 1.807) is 11.8 Å². The average Bonchev–Trinajstić information content (AvgIpc) is 3.07. The third-order valence-electron chi connectivity index (χ3n) is 4.32. The topological polar surface area (TPSA) is 34.0 Å². The summed E-state index contributed by atoms with van der Waals surface area (Å²) in [6, 6.07) is 5.74. The standard InChI is InChI=1S/C16H18BrFN4S/c17-12-4-3-11(14(18)9-12)10-23-16-20-19-15(21-7-1-2-8-21)22(16)13-5-6-13/h3-4,9,13H,1-2,5-8,10H2. The zero-order valence-corrected chi connectivity index (χ0v) is 15.1. The minimum absolute atomic E-state index is 0.177. The Morgan fingerprint density at radius 2 is 2.00 bits per heavy atom. The highest BCUT2D eigenvalue weighted by Crippen LogP contribution is 2.42. The van der Waals surface area contributed by atoms with Crippen molar-refractivity contribution in [3.05, 3.63) is 34.1 Å². The van der Waals surface area contributed by atoms with Crippen LogP contribution in [0.3, 0.4) is 0 Å². The van der Waals surface area contributed by atoms with Crippen molar-refractivity contribution in [2.24, 2.45) is 0 Å². The molecule has 7 heteroatoms. The van der Waals surface area contributed by atoms with Gasteiger partial charge in [-0.1, -0.05) is 33.8 Å². The van der Waals surface area contributed by atoms with Gasteiger partial charge in [0.25, 0.3) is 0 Å². The first-order valence-corrected chi connectivity index (χ1v) is 9.77. The molecule has 0 unspecified atom stereocenters. The molecule has 1 aliphatic heterocycles. The molecule has 0 spiro atoms. The summed E-state index contributed by atoms with van der Waals surface area (Å²) in [5.74, 6) is 1.40. The third kappa shape index (κ3) is 3.26. The first-order chi connectivity index (χ1) is 11.2. The van der Waals surface area contributed by atoms with Crippen molar-refractivity contribution in [1.82, 2.24) is 14.8 Å². The normalized spacial score (nSPS) is 17.9. The lowest BCUT2D eigenvalue weighted by Crippen LogP contribution is -2.22. The molecule has 0 amide bonds. The number of aromatic nitrogens is 3. The molecule has 1 aromatic carbocycles. The highest BCUT2D eigenvalue weighted by molar-refractivity contribution is 9.10. The van der Waals surface area contributed by atoms with Crippen molar-refractivity contribution in [2.45, 2.75) is 42.6 Å². The molecule has 1 saturated heterocycles. The molecule has 4 rings (SSSR count). The molecule has 0 atom stereocenters. The van der Waals surface area contributed by atoms with Crippen LogP contribution >= 0.6 is 27.7 Å². The molecule has 4 nitrogen and oxygen atoms in total. The Kier molecular flexibility index (Phi) is 4.32. The zero-order chi connectivity index (χ0) is 15.8. The smallest absolute Gasteiger partial charge is 0.228 e. The van der Waals surface area contributed by atoms with Crippen LogP contribution in [0.1, 0.15) is 37.3 Å². The zero-order valence-electron chi connectivity index (χ0n) is 12.7. The molecule has 1 aliphatic carbocycles. The van der Waals surface area contributed by atoms with Crippen molar-refractivity contribution in [3.8, 4) is 0 Å². The number of anilines is 1. The van der Waals surface area contributed by atoms with E-state index < -0.39 is 0 Å². The maximum atomic E-state index is 14.0. The van der Waals surface area contributed by atoms with E-state index in [1.165, 1.54) is 31.7 Å². The van der Waals surface area contributed by atoms with Gasteiger partial charge >= 0.3 is 0 Å². The highest BCUT2D eigenvalue weighted by Gasteiger charge is 2.32. The number of thioether (sulfide) groups is 1. The minimum atomic E-state index is -0.177. The molecule has 1 aromatic heterocycles. The van der Waals surface area contributed by atoms with E-state index in [-0.39, 0.29) is 5.82 Å². The van der Waals surface area contributed by atoms with Gasteiger partial charge in [-0.2, -0.15) is 0 Å². The van der Waals surface area contributed by atoms with Gasteiger partial charge in [0.2, 0.25) is 5.95 Å². The van der Waals surface area contributed by atoms with E-state index in [0.29, 0.717) is 17.4 Å². The molecule has 0 N–H and O–H groups in total. The number of halogens is 2. The van der Waals surface area contributed by atoms with Crippen LogP contribution in [-0.2, 0) is 5.75 Å². The summed E-state index contributed by atoms with van der Waals surface area (Å²) in [5, 5.41) is 9.73. The summed E-state index contributed by atoms with van der Waals surface area (Å²) in [6.45, 7) is 2.13. The van der Waals surface area contributed by atoms with E-state index >= 15 is 0 Å². The van der Waals surface area contributed by atoms with Crippen LogP contribution in [0, 0.1) is 5.82 Å². The minimum Gasteiger partial charge on any atom is -0.341 e. The van der Waals surface area contributed by atoms with Crippen LogP contribution in [-0.4, -0.2) is 27.9 Å². The van der Waals surface area contributed by atoms with Crippen LogP contribution in [0.5, 0.6) is 0 Å². The molecule has 1 saturated carbocycles. The van der Waals surface area contributed by atoms with Gasteiger partial charge in [0.1, 0.15) is 5.82 Å². The summed E-state index contributed by atoms with van der Waals surface area (Å²) in [5.41, 5.74) is 0.700. The van der Waals surface area contributed by atoms with Crippen LogP contribution in [0.15, 0.2) is 27.8 Å². The van der Waals surface area contributed by atoms with Crippen molar-refractivity contribution in [3.63, 3.8) is 0 Å². The Hall–Kier alpha value is -1.08. The van der Waals surface area contributed by atoms with Gasteiger partial charge in [-0.15, -0.1) is 10.2 Å². The Morgan fingerprint density at radius 3 is 2.70 bits per heavy atom. The lowest BCUT2D eigenvalue weighted by Gasteiger charge is -2.18. The quantitative estimate of drug-likeness (QED) is 0.701. The summed E-state index contributed by atoms with van der Waals surface area (Å²) in [6.07, 6.45) is 4.84. The molecule has 122 valence electrons. The van der Waals surface area contributed by atoms with Crippen LogP contribution in [0.25, 0.3) is 0 Å². The first kappa shape index (κ1) is 15.4. The summed E-state index contributed by atoms with van der Waals surface area (Å²) in [7, 11) is 0. The van der Waals surface area contributed by atoms with Gasteiger partial charge in [-0.3, -0.25) is 4.57 Å². The largest absolute Gasteiger partial charge is 0.341 e. The Labute approximate surface area is 147 Å². The number of rotatable bonds is 5. The third-order valence-corrected chi connectivity index (χ3v) is 5.80. The molecule has 2 aliphatic rings. The fourth-order valence-electron chi connectivity index (χ4n) is 2.93. The van der Waals surface area contributed by atoms with Gasteiger partial charge in [0.05, 0.1) is 0 Å². The second kappa shape index (κ2) is 6.43. The number of benzene rings is 1. The Morgan fingerprint density at radius 1 is 1.22 bits per heavy atom. The first-order valence-electron chi connectivity index (χ1n) is 7.99. The summed E-state index contributed by atoms with van der Waals surface area (Å²) < 4.78 is 17.0. The van der Waals surface area contributed by atoms with Crippen molar-refractivity contribution in [2.75, 3.05) is 18.0 Å². The van der Waals surface area contributed by atoms with E-state index in [9.17, 15) is 4.39 Å². The van der Waals surface area contributed by atoms with E-state index in [0.717, 1.165) is 28.7 Å². The van der Waals surface area contributed by atoms with Gasteiger partial charge in [0.15, 0.2) is 5.16 Å². The number of hydrogen-bond acceptors (Lipinski definition) is 4. The summed E-state index contributed by atoms with van der Waals surface area (Å²) >= 11 is 4.87. The molecule has 0 bridgehead atoms. The molecular weight excluding hydrogens is 379 g/mol. The van der Waals surface area contributed by atoms with Crippen molar-refractivity contribution >= 4 is 33.6 Å². The van der Waals surface area contributed by atoms with Crippen molar-refractivity contribution in [1.29, 1.82) is 0 Å². The molecule has 2 aromatic rings.